The summed E-state index contributed by atoms with van der Waals surface area (Å²) in [6, 6.07) is 7.86. The molecule has 2 aromatic heterocycles. The van der Waals surface area contributed by atoms with Gasteiger partial charge in [0, 0.05) is 43.9 Å². The molecule has 1 saturated heterocycles. The largest absolute Gasteiger partial charge is 0.573 e. The monoisotopic (exact) mass is 543 g/mol. The molecule has 2 aliphatic rings. The predicted octanol–water partition coefficient (Wildman–Crippen LogP) is 3.73. The molecule has 39 heavy (non-hydrogen) atoms. The van der Waals surface area contributed by atoms with Crippen LogP contribution in [0, 0.1) is 5.92 Å². The first-order valence-corrected chi connectivity index (χ1v) is 13.0. The summed E-state index contributed by atoms with van der Waals surface area (Å²) in [4.78, 5) is 27.1. The van der Waals surface area contributed by atoms with Crippen molar-refractivity contribution in [1.82, 2.24) is 29.5 Å². The number of benzene rings is 1. The van der Waals surface area contributed by atoms with E-state index in [4.69, 9.17) is 4.98 Å². The highest BCUT2D eigenvalue weighted by Gasteiger charge is 2.40. The number of likely N-dealkylation sites (tertiary alicyclic amines) is 1. The van der Waals surface area contributed by atoms with E-state index in [1.807, 2.05) is 44.4 Å². The smallest absolute Gasteiger partial charge is 0.406 e. The van der Waals surface area contributed by atoms with Gasteiger partial charge in [-0.1, -0.05) is 12.1 Å². The summed E-state index contributed by atoms with van der Waals surface area (Å²) in [6.45, 7) is 4.14. The lowest BCUT2D eigenvalue weighted by Gasteiger charge is -2.42. The van der Waals surface area contributed by atoms with Crippen molar-refractivity contribution < 1.29 is 22.7 Å². The highest BCUT2D eigenvalue weighted by atomic mass is 19.4. The van der Waals surface area contributed by atoms with Gasteiger partial charge in [0.1, 0.15) is 5.75 Å². The molecule has 5 rings (SSSR count). The molecule has 3 aromatic rings. The summed E-state index contributed by atoms with van der Waals surface area (Å²) in [6.07, 6.45) is 0.146. The number of amides is 1. The summed E-state index contributed by atoms with van der Waals surface area (Å²) < 4.78 is 44.4. The molecule has 208 valence electrons. The van der Waals surface area contributed by atoms with Crippen molar-refractivity contribution in [2.24, 2.45) is 13.0 Å². The molecule has 1 amide bonds. The Morgan fingerprint density at radius 3 is 2.79 bits per heavy atom. The minimum Gasteiger partial charge on any atom is -0.406 e. The molecule has 12 heteroatoms. The molecule has 3 atom stereocenters. The van der Waals surface area contributed by atoms with E-state index in [1.165, 1.54) is 12.1 Å². The van der Waals surface area contributed by atoms with Crippen LogP contribution in [-0.2, 0) is 31.4 Å². The number of nitrogens with zero attached hydrogens (tertiary/aromatic N) is 6. The first-order valence-electron chi connectivity index (χ1n) is 13.0. The lowest BCUT2D eigenvalue weighted by molar-refractivity contribution is -0.274. The number of carbonyl (C=O) groups is 1. The fraction of sp³-hybridized carbons (Fsp3) is 0.481. The quantitative estimate of drug-likeness (QED) is 0.507. The van der Waals surface area contributed by atoms with Gasteiger partial charge in [0.2, 0.25) is 11.9 Å². The van der Waals surface area contributed by atoms with E-state index in [-0.39, 0.29) is 29.5 Å². The predicted molar refractivity (Wildman–Crippen MR) is 138 cm³/mol. The fourth-order valence-electron chi connectivity index (χ4n) is 5.51. The third-order valence-electron chi connectivity index (χ3n) is 7.45. The van der Waals surface area contributed by atoms with Crippen molar-refractivity contribution in [1.29, 1.82) is 0 Å². The molecule has 0 aliphatic carbocycles. The molecular formula is C27H32F3N7O2. The second-order valence-corrected chi connectivity index (χ2v) is 10.4. The minimum absolute atomic E-state index is 0.00463. The van der Waals surface area contributed by atoms with Crippen LogP contribution in [0.25, 0.3) is 0 Å². The lowest BCUT2D eigenvalue weighted by atomic mass is 9.79. The number of carbonyl (C=O) groups excluding carboxylic acids is 1. The van der Waals surface area contributed by atoms with Crippen LogP contribution in [0.3, 0.4) is 0 Å². The van der Waals surface area contributed by atoms with Crippen molar-refractivity contribution in [2.75, 3.05) is 25.5 Å². The zero-order valence-corrected chi connectivity index (χ0v) is 22.1. The number of nitrogens with one attached hydrogen (secondary N) is 1. The van der Waals surface area contributed by atoms with Crippen LogP contribution in [0.5, 0.6) is 5.75 Å². The first-order chi connectivity index (χ1) is 18.6. The van der Waals surface area contributed by atoms with Crippen LogP contribution in [0.2, 0.25) is 0 Å². The summed E-state index contributed by atoms with van der Waals surface area (Å²) in [7, 11) is 3.81. The fourth-order valence-corrected chi connectivity index (χ4v) is 5.51. The van der Waals surface area contributed by atoms with Crippen LogP contribution in [0.4, 0.5) is 19.1 Å². The van der Waals surface area contributed by atoms with E-state index in [2.05, 4.69) is 25.0 Å². The van der Waals surface area contributed by atoms with E-state index in [0.29, 0.717) is 44.0 Å². The van der Waals surface area contributed by atoms with Gasteiger partial charge in [0.25, 0.3) is 0 Å². The topological polar surface area (TPSA) is 88.4 Å². The van der Waals surface area contributed by atoms with Gasteiger partial charge < -0.3 is 19.9 Å². The van der Waals surface area contributed by atoms with Crippen molar-refractivity contribution >= 4 is 11.9 Å². The summed E-state index contributed by atoms with van der Waals surface area (Å²) in [5.41, 5.74) is 3.33. The number of rotatable bonds is 6. The molecule has 0 spiro atoms. The molecule has 0 radical (unpaired) electrons. The Labute approximate surface area is 225 Å². The Balaban J connectivity index is 1.34. The third kappa shape index (κ3) is 6.32. The zero-order valence-electron chi connectivity index (χ0n) is 22.1. The average Bonchev–Trinajstić information content (AvgIpc) is 3.31. The number of hydrogen-bond acceptors (Lipinski definition) is 7. The number of alkyl halides is 3. The van der Waals surface area contributed by atoms with Crippen LogP contribution in [0.15, 0.2) is 42.7 Å². The zero-order chi connectivity index (χ0) is 27.7. The number of halogens is 3. The van der Waals surface area contributed by atoms with Gasteiger partial charge in [0.15, 0.2) is 0 Å². The van der Waals surface area contributed by atoms with Crippen molar-refractivity contribution in [3.8, 4) is 5.75 Å². The molecule has 1 fully saturated rings. The standard InChI is InChI=1S/C27H32F3N7O2/c1-17-11-19-13-31-26(32-14-20-7-10-36(3)34-20)33-24(19)16-37(17)25(38)22-8-9-35(2)15-23(22)18-5-4-6-21(12-18)39-27(28,29)30/h4-7,10,12-13,17,22-23H,8-9,11,14-16H2,1-3H3,(H,31,32,33)/t17-,22+,23-/m1/s1. The number of likely N-dealkylation sites (N-methyl/N-ethyl adjacent to an activating group) is 1. The Bertz CT molecular complexity index is 1330. The summed E-state index contributed by atoms with van der Waals surface area (Å²) in [5.74, 6) is -0.435. The maximum atomic E-state index is 14.0. The third-order valence-corrected chi connectivity index (χ3v) is 7.45. The van der Waals surface area contributed by atoms with Crippen molar-refractivity contribution in [3.63, 3.8) is 0 Å². The number of fused-ring (bicyclic) bond motifs is 1. The molecule has 1 N–H and O–H groups in total. The molecule has 4 heterocycles. The maximum absolute atomic E-state index is 14.0. The van der Waals surface area contributed by atoms with E-state index >= 15 is 0 Å². The van der Waals surface area contributed by atoms with E-state index in [0.717, 1.165) is 23.5 Å². The van der Waals surface area contributed by atoms with Gasteiger partial charge in [0.05, 0.1) is 24.5 Å². The van der Waals surface area contributed by atoms with Crippen molar-refractivity contribution in [3.05, 3.63) is 65.2 Å². The summed E-state index contributed by atoms with van der Waals surface area (Å²) >= 11 is 0. The Morgan fingerprint density at radius 1 is 1.23 bits per heavy atom. The van der Waals surface area contributed by atoms with Gasteiger partial charge in [-0.2, -0.15) is 5.10 Å². The number of anilines is 1. The Kier molecular flexibility index (Phi) is 7.48. The molecular weight excluding hydrogens is 511 g/mol. The molecule has 0 saturated carbocycles. The second-order valence-electron chi connectivity index (χ2n) is 10.4. The molecule has 2 aliphatic heterocycles. The summed E-state index contributed by atoms with van der Waals surface area (Å²) in [5, 5.41) is 7.55. The van der Waals surface area contributed by atoms with Crippen molar-refractivity contribution in [2.45, 2.75) is 51.2 Å². The Morgan fingerprint density at radius 2 is 2.05 bits per heavy atom. The SMILES string of the molecule is C[C@@H]1Cc2cnc(NCc3ccn(C)n3)nc2CN1C(=O)[C@H]1CCN(C)C[C@@H]1c1cccc(OC(F)(F)F)c1. The van der Waals surface area contributed by atoms with Crippen LogP contribution in [0.1, 0.15) is 41.8 Å². The van der Waals surface area contributed by atoms with Gasteiger partial charge in [-0.05, 0) is 62.7 Å². The Hall–Kier alpha value is -3.67. The van der Waals surface area contributed by atoms with E-state index in [9.17, 15) is 18.0 Å². The number of piperidine rings is 1. The normalized spacial score (nSPS) is 21.9. The van der Waals surface area contributed by atoms with Gasteiger partial charge >= 0.3 is 6.36 Å². The first kappa shape index (κ1) is 26.9. The number of aromatic nitrogens is 4. The van der Waals surface area contributed by atoms with Gasteiger partial charge in [-0.25, -0.2) is 9.97 Å². The van der Waals surface area contributed by atoms with E-state index in [1.54, 1.807) is 16.8 Å². The molecule has 0 unspecified atom stereocenters. The average molecular weight is 544 g/mol. The van der Waals surface area contributed by atoms with E-state index < -0.39 is 6.36 Å². The number of ether oxygens (including phenoxy) is 1. The minimum atomic E-state index is -4.78. The molecule has 0 bridgehead atoms. The highest BCUT2D eigenvalue weighted by molar-refractivity contribution is 5.81. The number of hydrogen-bond donors (Lipinski definition) is 1. The molecule has 1 aromatic carbocycles. The second kappa shape index (κ2) is 10.8. The number of aryl methyl sites for hydroxylation is 1. The van der Waals surface area contributed by atoms with Crippen LogP contribution >= 0.6 is 0 Å². The highest BCUT2D eigenvalue weighted by Crippen LogP contribution is 2.37. The maximum Gasteiger partial charge on any atom is 0.573 e. The van der Waals surface area contributed by atoms with Gasteiger partial charge in [-0.3, -0.25) is 9.48 Å². The molecule has 9 nitrogen and oxygen atoms in total. The van der Waals surface area contributed by atoms with Crippen LogP contribution in [-0.4, -0.2) is 68.0 Å². The lowest BCUT2D eigenvalue weighted by Crippen LogP contribution is -2.50. The van der Waals surface area contributed by atoms with Crippen LogP contribution < -0.4 is 10.1 Å². The van der Waals surface area contributed by atoms with Gasteiger partial charge in [-0.15, -0.1) is 13.2 Å².